The van der Waals surface area contributed by atoms with Crippen molar-refractivity contribution in [1.82, 2.24) is 4.98 Å². The lowest BCUT2D eigenvalue weighted by atomic mass is 9.97. The standard InChI is InChI=1S/C20H14ClNO/c1-23-17-11-10-13-6-2-4-8-15(13)19(17)20-16-9-5-3-7-14(16)12-18(21)22-20/h2-12H,1H3. The molecule has 0 fully saturated rings. The highest BCUT2D eigenvalue weighted by molar-refractivity contribution is 6.30. The van der Waals surface area contributed by atoms with Gasteiger partial charge in [-0.05, 0) is 28.3 Å². The molecule has 0 atom stereocenters. The van der Waals surface area contributed by atoms with Gasteiger partial charge in [-0.15, -0.1) is 0 Å². The summed E-state index contributed by atoms with van der Waals surface area (Å²) < 4.78 is 5.61. The first kappa shape index (κ1) is 14.0. The smallest absolute Gasteiger partial charge is 0.130 e. The van der Waals surface area contributed by atoms with Gasteiger partial charge in [0, 0.05) is 5.39 Å². The van der Waals surface area contributed by atoms with Gasteiger partial charge in [0.25, 0.3) is 0 Å². The van der Waals surface area contributed by atoms with Gasteiger partial charge in [-0.3, -0.25) is 0 Å². The average molecular weight is 320 g/mol. The van der Waals surface area contributed by atoms with Crippen molar-refractivity contribution in [3.05, 3.63) is 71.9 Å². The first-order valence-corrected chi connectivity index (χ1v) is 7.77. The Kier molecular flexibility index (Phi) is 3.40. The maximum absolute atomic E-state index is 6.27. The van der Waals surface area contributed by atoms with E-state index in [1.165, 1.54) is 0 Å². The van der Waals surface area contributed by atoms with Crippen LogP contribution in [0.5, 0.6) is 5.75 Å². The third-order valence-corrected chi connectivity index (χ3v) is 4.25. The van der Waals surface area contributed by atoms with E-state index in [-0.39, 0.29) is 0 Å². The third-order valence-electron chi connectivity index (χ3n) is 4.06. The lowest BCUT2D eigenvalue weighted by Gasteiger charge is -2.14. The molecule has 0 aliphatic carbocycles. The Morgan fingerprint density at radius 1 is 0.826 bits per heavy atom. The lowest BCUT2D eigenvalue weighted by Crippen LogP contribution is -1.93. The molecule has 0 amide bonds. The van der Waals surface area contributed by atoms with Crippen LogP contribution in [0.4, 0.5) is 0 Å². The molecule has 112 valence electrons. The van der Waals surface area contributed by atoms with Gasteiger partial charge < -0.3 is 4.74 Å². The van der Waals surface area contributed by atoms with Gasteiger partial charge >= 0.3 is 0 Å². The van der Waals surface area contributed by atoms with Gasteiger partial charge in [-0.1, -0.05) is 66.2 Å². The number of pyridine rings is 1. The molecule has 2 nitrogen and oxygen atoms in total. The van der Waals surface area contributed by atoms with Crippen molar-refractivity contribution in [2.24, 2.45) is 0 Å². The van der Waals surface area contributed by atoms with E-state index in [1.54, 1.807) is 7.11 Å². The Labute approximate surface area is 139 Å². The molecule has 23 heavy (non-hydrogen) atoms. The van der Waals surface area contributed by atoms with E-state index >= 15 is 0 Å². The van der Waals surface area contributed by atoms with Crippen molar-refractivity contribution in [3.63, 3.8) is 0 Å². The zero-order chi connectivity index (χ0) is 15.8. The number of methoxy groups -OCH3 is 1. The lowest BCUT2D eigenvalue weighted by molar-refractivity contribution is 0.417. The van der Waals surface area contributed by atoms with E-state index in [0.717, 1.165) is 38.6 Å². The van der Waals surface area contributed by atoms with Crippen molar-refractivity contribution >= 4 is 33.1 Å². The molecule has 0 radical (unpaired) electrons. The summed E-state index contributed by atoms with van der Waals surface area (Å²) in [6.45, 7) is 0. The van der Waals surface area contributed by atoms with Crippen LogP contribution >= 0.6 is 11.6 Å². The van der Waals surface area contributed by atoms with Crippen molar-refractivity contribution in [1.29, 1.82) is 0 Å². The summed E-state index contributed by atoms with van der Waals surface area (Å²) in [6, 6.07) is 22.3. The maximum Gasteiger partial charge on any atom is 0.130 e. The number of hydrogen-bond acceptors (Lipinski definition) is 2. The van der Waals surface area contributed by atoms with Crippen LogP contribution in [0.25, 0.3) is 32.8 Å². The number of aromatic nitrogens is 1. The van der Waals surface area contributed by atoms with E-state index in [0.29, 0.717) is 5.15 Å². The van der Waals surface area contributed by atoms with Crippen LogP contribution < -0.4 is 4.74 Å². The molecule has 0 unspecified atom stereocenters. The average Bonchev–Trinajstić information content (AvgIpc) is 2.60. The van der Waals surface area contributed by atoms with Crippen molar-refractivity contribution in [3.8, 4) is 17.0 Å². The van der Waals surface area contributed by atoms with Crippen LogP contribution in [0, 0.1) is 0 Å². The highest BCUT2D eigenvalue weighted by Gasteiger charge is 2.15. The first-order chi connectivity index (χ1) is 11.3. The van der Waals surface area contributed by atoms with Crippen LogP contribution in [-0.4, -0.2) is 12.1 Å². The Bertz CT molecular complexity index is 1030. The highest BCUT2D eigenvalue weighted by atomic mass is 35.5. The molecule has 3 aromatic carbocycles. The van der Waals surface area contributed by atoms with Gasteiger partial charge in [-0.25, -0.2) is 4.98 Å². The number of nitrogens with zero attached hydrogens (tertiary/aromatic N) is 1. The number of benzene rings is 3. The van der Waals surface area contributed by atoms with E-state index < -0.39 is 0 Å². The van der Waals surface area contributed by atoms with Crippen LogP contribution in [0.3, 0.4) is 0 Å². The number of hydrogen-bond donors (Lipinski definition) is 0. The summed E-state index contributed by atoms with van der Waals surface area (Å²) in [5.74, 6) is 0.795. The molecule has 1 aromatic heterocycles. The summed E-state index contributed by atoms with van der Waals surface area (Å²) >= 11 is 6.27. The number of halogens is 1. The van der Waals surface area contributed by atoms with Gasteiger partial charge in [0.2, 0.25) is 0 Å². The van der Waals surface area contributed by atoms with Crippen molar-refractivity contribution in [2.75, 3.05) is 7.11 Å². The summed E-state index contributed by atoms with van der Waals surface area (Å²) in [4.78, 5) is 4.62. The second-order valence-corrected chi connectivity index (χ2v) is 5.77. The topological polar surface area (TPSA) is 22.1 Å². The molecule has 0 N–H and O–H groups in total. The second-order valence-electron chi connectivity index (χ2n) is 5.38. The van der Waals surface area contributed by atoms with Gasteiger partial charge in [-0.2, -0.15) is 0 Å². The van der Waals surface area contributed by atoms with Crippen LogP contribution in [0.15, 0.2) is 66.7 Å². The fourth-order valence-corrected chi connectivity index (χ4v) is 3.22. The molecule has 4 aromatic rings. The number of fused-ring (bicyclic) bond motifs is 2. The third kappa shape index (κ3) is 2.32. The minimum Gasteiger partial charge on any atom is -0.496 e. The molecule has 3 heteroatoms. The van der Waals surface area contributed by atoms with E-state index in [9.17, 15) is 0 Å². The Morgan fingerprint density at radius 3 is 2.30 bits per heavy atom. The molecule has 4 rings (SSSR count). The van der Waals surface area contributed by atoms with E-state index in [1.807, 2.05) is 42.5 Å². The summed E-state index contributed by atoms with van der Waals surface area (Å²) in [7, 11) is 1.68. The molecule has 0 spiro atoms. The van der Waals surface area contributed by atoms with Crippen molar-refractivity contribution in [2.45, 2.75) is 0 Å². The molecule has 0 saturated heterocycles. The zero-order valence-corrected chi connectivity index (χ0v) is 13.3. The van der Waals surface area contributed by atoms with Gasteiger partial charge in [0.1, 0.15) is 10.9 Å². The molecular formula is C20H14ClNO. The minimum absolute atomic E-state index is 0.480. The van der Waals surface area contributed by atoms with Gasteiger partial charge in [0.05, 0.1) is 18.4 Å². The molecule has 0 saturated carbocycles. The first-order valence-electron chi connectivity index (χ1n) is 7.39. The van der Waals surface area contributed by atoms with Crippen LogP contribution in [0.1, 0.15) is 0 Å². The fraction of sp³-hybridized carbons (Fsp3) is 0.0500. The van der Waals surface area contributed by atoms with Crippen LogP contribution in [0.2, 0.25) is 5.15 Å². The summed E-state index contributed by atoms with van der Waals surface area (Å²) in [6.07, 6.45) is 0. The highest BCUT2D eigenvalue weighted by Crippen LogP contribution is 2.39. The Hall–Kier alpha value is -2.58. The molecular weight excluding hydrogens is 306 g/mol. The minimum atomic E-state index is 0.480. The second kappa shape index (κ2) is 5.56. The number of ether oxygens (including phenoxy) is 1. The largest absolute Gasteiger partial charge is 0.496 e. The summed E-state index contributed by atoms with van der Waals surface area (Å²) in [5.41, 5.74) is 1.83. The van der Waals surface area contributed by atoms with E-state index in [4.69, 9.17) is 16.3 Å². The molecule has 0 aliphatic rings. The Morgan fingerprint density at radius 2 is 1.52 bits per heavy atom. The molecule has 1 heterocycles. The Balaban J connectivity index is 2.18. The SMILES string of the molecule is COc1ccc2ccccc2c1-c1nc(Cl)cc2ccccc12. The summed E-state index contributed by atoms with van der Waals surface area (Å²) in [5, 5.41) is 4.86. The zero-order valence-electron chi connectivity index (χ0n) is 12.6. The monoisotopic (exact) mass is 319 g/mol. The predicted molar refractivity (Wildman–Crippen MR) is 96.2 cm³/mol. The molecule has 0 bridgehead atoms. The van der Waals surface area contributed by atoms with Crippen molar-refractivity contribution < 1.29 is 4.74 Å². The molecule has 0 aliphatic heterocycles. The normalized spacial score (nSPS) is 11.0. The number of rotatable bonds is 2. The quantitative estimate of drug-likeness (QED) is 0.441. The fourth-order valence-electron chi connectivity index (χ4n) is 3.02. The maximum atomic E-state index is 6.27. The van der Waals surface area contributed by atoms with E-state index in [2.05, 4.69) is 29.2 Å². The predicted octanol–water partition coefficient (Wildman–Crippen LogP) is 5.72. The van der Waals surface area contributed by atoms with Gasteiger partial charge in [0.15, 0.2) is 0 Å². The van der Waals surface area contributed by atoms with Crippen LogP contribution in [-0.2, 0) is 0 Å².